The summed E-state index contributed by atoms with van der Waals surface area (Å²) < 4.78 is 5.75. The zero-order valence-electron chi connectivity index (χ0n) is 16.2. The molecule has 0 bridgehead atoms. The lowest BCUT2D eigenvalue weighted by atomic mass is 9.87. The van der Waals surface area contributed by atoms with Crippen LogP contribution in [-0.4, -0.2) is 22.2 Å². The predicted molar refractivity (Wildman–Crippen MR) is 114 cm³/mol. The molecule has 0 unspecified atom stereocenters. The number of rotatable bonds is 5. The first-order valence-corrected chi connectivity index (χ1v) is 10.1. The molecule has 1 amide bonds. The van der Waals surface area contributed by atoms with E-state index in [0.717, 1.165) is 5.56 Å². The number of amides is 1. The molecule has 0 radical (unpaired) electrons. The number of benzene rings is 2. The molecule has 3 aromatic rings. The summed E-state index contributed by atoms with van der Waals surface area (Å²) in [6, 6.07) is 15.1. The van der Waals surface area contributed by atoms with Crippen LogP contribution in [0.4, 0.5) is 5.13 Å². The van der Waals surface area contributed by atoms with Crippen LogP contribution in [0.3, 0.4) is 0 Å². The van der Waals surface area contributed by atoms with E-state index in [-0.39, 0.29) is 11.3 Å². The van der Waals surface area contributed by atoms with Gasteiger partial charge in [-0.05, 0) is 42.2 Å². The molecule has 2 aromatic carbocycles. The third kappa shape index (κ3) is 5.09. The minimum atomic E-state index is -0.664. The van der Waals surface area contributed by atoms with E-state index in [0.29, 0.717) is 20.9 Å². The Bertz CT molecular complexity index is 947. The molecule has 0 aliphatic heterocycles. The molecular weight excluding hydrogens is 394 g/mol. The van der Waals surface area contributed by atoms with Crippen molar-refractivity contribution in [2.45, 2.75) is 39.2 Å². The first-order chi connectivity index (χ1) is 13.2. The van der Waals surface area contributed by atoms with E-state index < -0.39 is 6.10 Å². The van der Waals surface area contributed by atoms with E-state index in [2.05, 4.69) is 36.3 Å². The van der Waals surface area contributed by atoms with Crippen molar-refractivity contribution in [3.8, 4) is 16.3 Å². The third-order valence-electron chi connectivity index (χ3n) is 4.15. The van der Waals surface area contributed by atoms with E-state index in [9.17, 15) is 4.79 Å². The average Bonchev–Trinajstić information content (AvgIpc) is 3.10. The summed E-state index contributed by atoms with van der Waals surface area (Å²) in [4.78, 5) is 12.4. The minimum Gasteiger partial charge on any atom is -0.481 e. The Kier molecular flexibility index (Phi) is 6.01. The lowest BCUT2D eigenvalue weighted by Gasteiger charge is -2.20. The van der Waals surface area contributed by atoms with Gasteiger partial charge in [0.25, 0.3) is 5.91 Å². The standard InChI is InChI=1S/C21H22ClN3O2S/c1-13(27-17-11-7-15(8-12-17)21(2,3)4)18(26)23-20-25-24-19(28-20)14-5-9-16(22)10-6-14/h5-13H,1-4H3,(H,23,25,26)/t13-/m0/s1. The summed E-state index contributed by atoms with van der Waals surface area (Å²) in [5.74, 6) is 0.369. The Morgan fingerprint density at radius 1 is 1.07 bits per heavy atom. The lowest BCUT2D eigenvalue weighted by molar-refractivity contribution is -0.122. The van der Waals surface area contributed by atoms with Gasteiger partial charge in [0.05, 0.1) is 0 Å². The lowest BCUT2D eigenvalue weighted by Crippen LogP contribution is -2.30. The average molecular weight is 416 g/mol. The van der Waals surface area contributed by atoms with E-state index in [1.807, 2.05) is 36.4 Å². The number of nitrogens with one attached hydrogen (secondary N) is 1. The van der Waals surface area contributed by atoms with Crippen LogP contribution >= 0.6 is 22.9 Å². The van der Waals surface area contributed by atoms with Gasteiger partial charge in [0.1, 0.15) is 10.8 Å². The largest absolute Gasteiger partial charge is 0.481 e. The van der Waals surface area contributed by atoms with Crippen LogP contribution < -0.4 is 10.1 Å². The van der Waals surface area contributed by atoms with E-state index in [4.69, 9.17) is 16.3 Å². The maximum absolute atomic E-state index is 12.4. The van der Waals surface area contributed by atoms with Crippen molar-refractivity contribution in [3.05, 3.63) is 59.1 Å². The van der Waals surface area contributed by atoms with Crippen molar-refractivity contribution in [1.82, 2.24) is 10.2 Å². The fourth-order valence-electron chi connectivity index (χ4n) is 2.48. The third-order valence-corrected chi connectivity index (χ3v) is 5.29. The quantitative estimate of drug-likeness (QED) is 0.592. The minimum absolute atomic E-state index is 0.0706. The van der Waals surface area contributed by atoms with Crippen molar-refractivity contribution in [2.24, 2.45) is 0 Å². The molecule has 1 aromatic heterocycles. The molecule has 7 heteroatoms. The summed E-state index contributed by atoms with van der Waals surface area (Å²) in [5, 5.41) is 12.7. The van der Waals surface area contributed by atoms with Crippen molar-refractivity contribution in [3.63, 3.8) is 0 Å². The number of ether oxygens (including phenoxy) is 1. The van der Waals surface area contributed by atoms with Gasteiger partial charge in [0.15, 0.2) is 6.10 Å². The molecule has 1 atom stereocenters. The monoisotopic (exact) mass is 415 g/mol. The predicted octanol–water partition coefficient (Wildman–Crippen LogP) is 5.56. The number of anilines is 1. The number of carbonyl (C=O) groups is 1. The molecular formula is C21H22ClN3O2S. The van der Waals surface area contributed by atoms with Crippen LogP contribution in [0.25, 0.3) is 10.6 Å². The highest BCUT2D eigenvalue weighted by molar-refractivity contribution is 7.18. The van der Waals surface area contributed by atoms with Crippen LogP contribution in [0.2, 0.25) is 5.02 Å². The van der Waals surface area contributed by atoms with E-state index in [1.165, 1.54) is 16.9 Å². The number of carbonyl (C=O) groups excluding carboxylic acids is 1. The van der Waals surface area contributed by atoms with Gasteiger partial charge in [-0.1, -0.05) is 68.0 Å². The van der Waals surface area contributed by atoms with E-state index >= 15 is 0 Å². The van der Waals surface area contributed by atoms with Crippen LogP contribution in [0.1, 0.15) is 33.3 Å². The molecule has 0 saturated heterocycles. The first kappa shape index (κ1) is 20.3. The molecule has 0 aliphatic carbocycles. The van der Waals surface area contributed by atoms with Crippen LogP contribution in [0.5, 0.6) is 5.75 Å². The zero-order valence-corrected chi connectivity index (χ0v) is 17.8. The highest BCUT2D eigenvalue weighted by Gasteiger charge is 2.18. The smallest absolute Gasteiger partial charge is 0.266 e. The van der Waals surface area contributed by atoms with Crippen molar-refractivity contribution >= 4 is 34.0 Å². The maximum Gasteiger partial charge on any atom is 0.266 e. The van der Waals surface area contributed by atoms with Crippen molar-refractivity contribution < 1.29 is 9.53 Å². The Morgan fingerprint density at radius 3 is 2.32 bits per heavy atom. The van der Waals surface area contributed by atoms with Crippen LogP contribution in [0, 0.1) is 0 Å². The van der Waals surface area contributed by atoms with Crippen LogP contribution in [0.15, 0.2) is 48.5 Å². The Balaban J connectivity index is 1.61. The molecule has 0 fully saturated rings. The van der Waals surface area contributed by atoms with Gasteiger partial charge in [0, 0.05) is 10.6 Å². The number of hydrogen-bond acceptors (Lipinski definition) is 5. The normalized spacial score (nSPS) is 12.5. The Morgan fingerprint density at radius 2 is 1.71 bits per heavy atom. The highest BCUT2D eigenvalue weighted by Crippen LogP contribution is 2.28. The molecule has 146 valence electrons. The summed E-state index contributed by atoms with van der Waals surface area (Å²) in [6.45, 7) is 8.16. The molecule has 1 N–H and O–H groups in total. The van der Waals surface area contributed by atoms with Crippen molar-refractivity contribution in [2.75, 3.05) is 5.32 Å². The molecule has 0 spiro atoms. The molecule has 0 aliphatic rings. The second-order valence-electron chi connectivity index (χ2n) is 7.44. The SMILES string of the molecule is C[C@H](Oc1ccc(C(C)(C)C)cc1)C(=O)Nc1nnc(-c2ccc(Cl)cc2)s1. The van der Waals surface area contributed by atoms with Gasteiger partial charge in [0.2, 0.25) is 5.13 Å². The maximum atomic E-state index is 12.4. The second kappa shape index (κ2) is 8.29. The summed E-state index contributed by atoms with van der Waals surface area (Å²) in [6.07, 6.45) is -0.664. The van der Waals surface area contributed by atoms with Gasteiger partial charge in [-0.25, -0.2) is 0 Å². The number of halogens is 1. The van der Waals surface area contributed by atoms with Gasteiger partial charge in [-0.3, -0.25) is 10.1 Å². The number of hydrogen-bond donors (Lipinski definition) is 1. The van der Waals surface area contributed by atoms with Crippen LogP contribution in [-0.2, 0) is 10.2 Å². The van der Waals surface area contributed by atoms with E-state index in [1.54, 1.807) is 19.1 Å². The van der Waals surface area contributed by atoms with Gasteiger partial charge < -0.3 is 4.74 Å². The number of aromatic nitrogens is 2. The molecule has 1 heterocycles. The Hall–Kier alpha value is -2.44. The summed E-state index contributed by atoms with van der Waals surface area (Å²) >= 11 is 7.20. The topological polar surface area (TPSA) is 64.1 Å². The highest BCUT2D eigenvalue weighted by atomic mass is 35.5. The molecule has 0 saturated carbocycles. The Labute approximate surface area is 173 Å². The summed E-state index contributed by atoms with van der Waals surface area (Å²) in [7, 11) is 0. The zero-order chi connectivity index (χ0) is 20.3. The summed E-state index contributed by atoms with van der Waals surface area (Å²) in [5.41, 5.74) is 2.17. The first-order valence-electron chi connectivity index (χ1n) is 8.90. The molecule has 28 heavy (non-hydrogen) atoms. The molecule has 3 rings (SSSR count). The molecule has 5 nitrogen and oxygen atoms in total. The fraction of sp³-hybridized carbons (Fsp3) is 0.286. The second-order valence-corrected chi connectivity index (χ2v) is 8.86. The van der Waals surface area contributed by atoms with Gasteiger partial charge in [-0.2, -0.15) is 0 Å². The van der Waals surface area contributed by atoms with Crippen molar-refractivity contribution in [1.29, 1.82) is 0 Å². The van der Waals surface area contributed by atoms with Gasteiger partial charge >= 0.3 is 0 Å². The number of nitrogens with zero attached hydrogens (tertiary/aromatic N) is 2. The van der Waals surface area contributed by atoms with Gasteiger partial charge in [-0.15, -0.1) is 10.2 Å². The fourth-order valence-corrected chi connectivity index (χ4v) is 3.36.